The van der Waals surface area contributed by atoms with E-state index in [0.717, 1.165) is 25.2 Å². The van der Waals surface area contributed by atoms with Crippen LogP contribution in [0.2, 0.25) is 0 Å². The van der Waals surface area contributed by atoms with Gasteiger partial charge < -0.3 is 15.3 Å². The number of likely N-dealkylation sites (N-methyl/N-ethyl adjacent to an activating group) is 1. The number of pyridine rings is 1. The minimum Gasteiger partial charge on any atom is -0.395 e. The van der Waals surface area contributed by atoms with E-state index in [1.165, 1.54) is 12.3 Å². The molecule has 102 valence electrons. The van der Waals surface area contributed by atoms with Crippen LogP contribution in [0.25, 0.3) is 0 Å². The Kier molecular flexibility index (Phi) is 6.78. The van der Waals surface area contributed by atoms with Crippen LogP contribution in [0.3, 0.4) is 0 Å². The van der Waals surface area contributed by atoms with Crippen molar-refractivity contribution in [3.05, 3.63) is 29.8 Å². The molecule has 1 aromatic heterocycles. The highest BCUT2D eigenvalue weighted by Gasteiger charge is 2.12. The third-order valence-corrected chi connectivity index (χ3v) is 2.84. The fourth-order valence-corrected chi connectivity index (χ4v) is 1.83. The molecule has 0 aliphatic heterocycles. The van der Waals surface area contributed by atoms with Crippen LogP contribution in [0.4, 0.5) is 4.39 Å². The van der Waals surface area contributed by atoms with E-state index in [-0.39, 0.29) is 18.5 Å². The number of nitrogens with zero attached hydrogens (tertiary/aromatic N) is 2. The second kappa shape index (κ2) is 8.13. The molecule has 0 fully saturated rings. The predicted octanol–water partition coefficient (Wildman–Crippen LogP) is 1.19. The lowest BCUT2D eigenvalue weighted by Gasteiger charge is -2.21. The number of aliphatic hydroxyl groups is 1. The summed E-state index contributed by atoms with van der Waals surface area (Å²) in [5, 5.41) is 12.2. The molecule has 18 heavy (non-hydrogen) atoms. The van der Waals surface area contributed by atoms with Crippen molar-refractivity contribution in [1.82, 2.24) is 15.2 Å². The van der Waals surface area contributed by atoms with Crippen LogP contribution < -0.4 is 5.32 Å². The van der Waals surface area contributed by atoms with Crippen molar-refractivity contribution in [2.45, 2.75) is 19.4 Å². The second-order valence-corrected chi connectivity index (χ2v) is 4.33. The van der Waals surface area contributed by atoms with Crippen LogP contribution in [0.15, 0.2) is 18.3 Å². The van der Waals surface area contributed by atoms with Gasteiger partial charge in [0.2, 0.25) is 0 Å². The molecule has 0 radical (unpaired) electrons. The molecule has 1 heterocycles. The summed E-state index contributed by atoms with van der Waals surface area (Å²) >= 11 is 0. The third-order valence-electron chi connectivity index (χ3n) is 2.84. The van der Waals surface area contributed by atoms with E-state index in [1.54, 1.807) is 6.07 Å². The Morgan fingerprint density at radius 2 is 2.22 bits per heavy atom. The Morgan fingerprint density at radius 1 is 1.44 bits per heavy atom. The van der Waals surface area contributed by atoms with Crippen molar-refractivity contribution in [2.75, 3.05) is 33.3 Å². The standard InChI is InChI=1S/C13H22FN3O/c1-3-15-13(6-7-17(2)8-9-18)12-5-4-11(14)10-16-12/h4-5,10,13,15,18H,3,6-9H2,1-2H3. The summed E-state index contributed by atoms with van der Waals surface area (Å²) < 4.78 is 12.8. The summed E-state index contributed by atoms with van der Waals surface area (Å²) in [6.45, 7) is 4.56. The smallest absolute Gasteiger partial charge is 0.141 e. The van der Waals surface area contributed by atoms with Crippen LogP contribution in [0.1, 0.15) is 25.1 Å². The topological polar surface area (TPSA) is 48.4 Å². The summed E-state index contributed by atoms with van der Waals surface area (Å²) in [6, 6.07) is 3.27. The largest absolute Gasteiger partial charge is 0.395 e. The average molecular weight is 255 g/mol. The summed E-state index contributed by atoms with van der Waals surface area (Å²) in [6.07, 6.45) is 2.13. The van der Waals surface area contributed by atoms with Crippen LogP contribution >= 0.6 is 0 Å². The maximum Gasteiger partial charge on any atom is 0.141 e. The normalized spacial score (nSPS) is 12.9. The molecular weight excluding hydrogens is 233 g/mol. The van der Waals surface area contributed by atoms with Gasteiger partial charge in [-0.1, -0.05) is 6.92 Å². The van der Waals surface area contributed by atoms with Crippen LogP contribution in [-0.4, -0.2) is 48.3 Å². The molecule has 0 aliphatic rings. The molecular formula is C13H22FN3O. The maximum absolute atomic E-state index is 12.8. The van der Waals surface area contributed by atoms with Gasteiger partial charge in [-0.15, -0.1) is 0 Å². The van der Waals surface area contributed by atoms with E-state index < -0.39 is 0 Å². The Balaban J connectivity index is 2.56. The van der Waals surface area contributed by atoms with Crippen LogP contribution in [-0.2, 0) is 0 Å². The van der Waals surface area contributed by atoms with Gasteiger partial charge in [-0.3, -0.25) is 4.98 Å². The fraction of sp³-hybridized carbons (Fsp3) is 0.615. The molecule has 1 rings (SSSR count). The number of nitrogens with one attached hydrogen (secondary N) is 1. The van der Waals surface area contributed by atoms with E-state index in [0.29, 0.717) is 6.54 Å². The Labute approximate surface area is 108 Å². The van der Waals surface area contributed by atoms with Crippen molar-refractivity contribution in [3.63, 3.8) is 0 Å². The third kappa shape index (κ3) is 5.08. The van der Waals surface area contributed by atoms with Gasteiger partial charge in [0.05, 0.1) is 24.5 Å². The monoisotopic (exact) mass is 255 g/mol. The SMILES string of the molecule is CCNC(CCN(C)CCO)c1ccc(F)cn1. The van der Waals surface area contributed by atoms with E-state index in [4.69, 9.17) is 5.11 Å². The first-order valence-electron chi connectivity index (χ1n) is 6.31. The molecule has 0 spiro atoms. The van der Waals surface area contributed by atoms with Gasteiger partial charge in [0, 0.05) is 6.54 Å². The lowest BCUT2D eigenvalue weighted by atomic mass is 10.1. The van der Waals surface area contributed by atoms with E-state index in [1.807, 2.05) is 14.0 Å². The lowest BCUT2D eigenvalue weighted by molar-refractivity contribution is 0.215. The Hall–Kier alpha value is -1.04. The number of halogens is 1. The first-order chi connectivity index (χ1) is 8.67. The molecule has 5 heteroatoms. The summed E-state index contributed by atoms with van der Waals surface area (Å²) in [5.41, 5.74) is 0.857. The molecule has 1 aromatic rings. The summed E-state index contributed by atoms with van der Waals surface area (Å²) in [7, 11) is 1.97. The molecule has 4 nitrogen and oxygen atoms in total. The zero-order valence-electron chi connectivity index (χ0n) is 11.1. The highest BCUT2D eigenvalue weighted by atomic mass is 19.1. The highest BCUT2D eigenvalue weighted by Crippen LogP contribution is 2.14. The van der Waals surface area contributed by atoms with Gasteiger partial charge in [-0.2, -0.15) is 0 Å². The molecule has 0 saturated carbocycles. The van der Waals surface area contributed by atoms with Gasteiger partial charge >= 0.3 is 0 Å². The van der Waals surface area contributed by atoms with E-state index in [2.05, 4.69) is 15.2 Å². The minimum atomic E-state index is -0.314. The van der Waals surface area contributed by atoms with E-state index in [9.17, 15) is 4.39 Å². The fourth-order valence-electron chi connectivity index (χ4n) is 1.83. The van der Waals surface area contributed by atoms with Crippen LogP contribution in [0, 0.1) is 5.82 Å². The molecule has 0 bridgehead atoms. The molecule has 0 amide bonds. The average Bonchev–Trinajstić information content (AvgIpc) is 2.36. The van der Waals surface area contributed by atoms with Crippen molar-refractivity contribution >= 4 is 0 Å². The number of hydrogen-bond donors (Lipinski definition) is 2. The molecule has 1 atom stereocenters. The molecule has 0 saturated heterocycles. The van der Waals surface area contributed by atoms with Crippen molar-refractivity contribution in [1.29, 1.82) is 0 Å². The summed E-state index contributed by atoms with van der Waals surface area (Å²) in [4.78, 5) is 6.18. The zero-order chi connectivity index (χ0) is 13.4. The Bertz CT molecular complexity index is 332. The van der Waals surface area contributed by atoms with Gasteiger partial charge in [0.1, 0.15) is 5.82 Å². The predicted molar refractivity (Wildman–Crippen MR) is 69.8 cm³/mol. The van der Waals surface area contributed by atoms with E-state index >= 15 is 0 Å². The molecule has 1 unspecified atom stereocenters. The van der Waals surface area contributed by atoms with Gasteiger partial charge in [0.15, 0.2) is 0 Å². The second-order valence-electron chi connectivity index (χ2n) is 4.33. The molecule has 0 aliphatic carbocycles. The van der Waals surface area contributed by atoms with Crippen LogP contribution in [0.5, 0.6) is 0 Å². The van der Waals surface area contributed by atoms with Crippen molar-refractivity contribution in [3.8, 4) is 0 Å². The summed E-state index contributed by atoms with van der Waals surface area (Å²) in [5.74, 6) is -0.314. The first kappa shape index (κ1) is 15.0. The molecule has 0 aromatic carbocycles. The number of hydrogen-bond acceptors (Lipinski definition) is 4. The molecule has 2 N–H and O–H groups in total. The van der Waals surface area contributed by atoms with Crippen molar-refractivity contribution in [2.24, 2.45) is 0 Å². The number of aromatic nitrogens is 1. The maximum atomic E-state index is 12.8. The quantitative estimate of drug-likeness (QED) is 0.732. The van der Waals surface area contributed by atoms with Crippen molar-refractivity contribution < 1.29 is 9.50 Å². The van der Waals surface area contributed by atoms with Gasteiger partial charge in [-0.05, 0) is 38.7 Å². The number of aliphatic hydroxyl groups excluding tert-OH is 1. The minimum absolute atomic E-state index is 0.122. The first-order valence-corrected chi connectivity index (χ1v) is 6.31. The highest BCUT2D eigenvalue weighted by molar-refractivity contribution is 5.09. The number of rotatable bonds is 8. The zero-order valence-corrected chi connectivity index (χ0v) is 11.1. The van der Waals surface area contributed by atoms with Gasteiger partial charge in [-0.25, -0.2) is 4.39 Å². The van der Waals surface area contributed by atoms with Gasteiger partial charge in [0.25, 0.3) is 0 Å². The Morgan fingerprint density at radius 3 is 2.78 bits per heavy atom. The lowest BCUT2D eigenvalue weighted by Crippen LogP contribution is -2.29.